The molecule has 7 heteroatoms. The number of carbonyl (C=O) groups excluding carboxylic acids is 1. The molecule has 1 aromatic carbocycles. The molecule has 0 saturated heterocycles. The van der Waals surface area contributed by atoms with Crippen LogP contribution in [0.1, 0.15) is 20.9 Å². The maximum atomic E-state index is 12.0. The largest absolute Gasteiger partial charge is 0.351 e. The predicted molar refractivity (Wildman–Crippen MR) is 89.3 cm³/mol. The van der Waals surface area contributed by atoms with E-state index in [0.717, 1.165) is 29.2 Å². The highest BCUT2D eigenvalue weighted by Crippen LogP contribution is 2.18. The number of aryl methyl sites for hydroxylation is 2. The Morgan fingerprint density at radius 1 is 1.26 bits per heavy atom. The van der Waals surface area contributed by atoms with Crippen LogP contribution in [0.4, 0.5) is 0 Å². The number of nitrogens with one attached hydrogen (secondary N) is 1. The molecule has 2 aromatic heterocycles. The zero-order valence-corrected chi connectivity index (χ0v) is 13.8. The van der Waals surface area contributed by atoms with E-state index in [0.29, 0.717) is 17.1 Å². The number of nitrogens with zero attached hydrogens (tertiary/aromatic N) is 4. The van der Waals surface area contributed by atoms with Gasteiger partial charge in [-0.15, -0.1) is 5.10 Å². The van der Waals surface area contributed by atoms with Gasteiger partial charge in [-0.3, -0.25) is 9.48 Å². The second kappa shape index (κ2) is 6.70. The average Bonchev–Trinajstić information content (AvgIpc) is 3.16. The standard InChI is InChI=1S/C16H17N5OS/c1-11-15(23-20-19-11)16(22)17-9-7-12-3-5-13(6-4-12)14-8-10-18-21(14)2/h3-6,8,10H,7,9H2,1-2H3,(H,17,22). The van der Waals surface area contributed by atoms with Gasteiger partial charge in [0.2, 0.25) is 0 Å². The number of amides is 1. The van der Waals surface area contributed by atoms with Crippen LogP contribution in [0.2, 0.25) is 0 Å². The first kappa shape index (κ1) is 15.4. The summed E-state index contributed by atoms with van der Waals surface area (Å²) >= 11 is 1.12. The number of rotatable bonds is 5. The Hall–Kier alpha value is -2.54. The molecule has 0 bridgehead atoms. The van der Waals surface area contributed by atoms with Crippen molar-refractivity contribution in [2.75, 3.05) is 6.54 Å². The maximum Gasteiger partial charge on any atom is 0.264 e. The van der Waals surface area contributed by atoms with E-state index < -0.39 is 0 Å². The molecule has 6 nitrogen and oxygen atoms in total. The molecule has 0 aliphatic rings. The molecule has 0 aliphatic carbocycles. The zero-order chi connectivity index (χ0) is 16.2. The van der Waals surface area contributed by atoms with E-state index in [1.54, 1.807) is 13.1 Å². The van der Waals surface area contributed by atoms with Gasteiger partial charge in [-0.25, -0.2) is 0 Å². The molecule has 3 rings (SSSR count). The van der Waals surface area contributed by atoms with Crippen LogP contribution in [0.25, 0.3) is 11.3 Å². The van der Waals surface area contributed by atoms with Crippen molar-refractivity contribution in [3.05, 3.63) is 52.7 Å². The number of hydrogen-bond acceptors (Lipinski definition) is 5. The summed E-state index contributed by atoms with van der Waals surface area (Å²) in [5.41, 5.74) is 4.06. The monoisotopic (exact) mass is 327 g/mol. The summed E-state index contributed by atoms with van der Waals surface area (Å²) in [7, 11) is 1.93. The van der Waals surface area contributed by atoms with Gasteiger partial charge in [0.1, 0.15) is 4.88 Å². The SMILES string of the molecule is Cc1nnsc1C(=O)NCCc1ccc(-c2ccnn2C)cc1. The molecular weight excluding hydrogens is 310 g/mol. The topological polar surface area (TPSA) is 72.7 Å². The smallest absolute Gasteiger partial charge is 0.264 e. The van der Waals surface area contributed by atoms with E-state index in [-0.39, 0.29) is 5.91 Å². The van der Waals surface area contributed by atoms with Gasteiger partial charge < -0.3 is 5.32 Å². The van der Waals surface area contributed by atoms with Gasteiger partial charge in [-0.1, -0.05) is 28.8 Å². The fourth-order valence-corrected chi connectivity index (χ4v) is 2.91. The van der Waals surface area contributed by atoms with Gasteiger partial charge in [0.15, 0.2) is 0 Å². The van der Waals surface area contributed by atoms with Crippen molar-refractivity contribution in [2.24, 2.45) is 7.05 Å². The maximum absolute atomic E-state index is 12.0. The first-order chi connectivity index (χ1) is 11.1. The minimum absolute atomic E-state index is 0.107. The molecule has 118 valence electrons. The van der Waals surface area contributed by atoms with Crippen molar-refractivity contribution in [1.82, 2.24) is 24.7 Å². The Kier molecular flexibility index (Phi) is 4.47. The Balaban J connectivity index is 1.56. The summed E-state index contributed by atoms with van der Waals surface area (Å²) < 4.78 is 5.62. The van der Waals surface area contributed by atoms with Crippen LogP contribution in [0.3, 0.4) is 0 Å². The molecule has 1 N–H and O–H groups in total. The van der Waals surface area contributed by atoms with Crippen LogP contribution in [0.5, 0.6) is 0 Å². The zero-order valence-electron chi connectivity index (χ0n) is 13.0. The molecule has 0 atom stereocenters. The van der Waals surface area contributed by atoms with E-state index in [1.807, 2.05) is 17.8 Å². The summed E-state index contributed by atoms with van der Waals surface area (Å²) in [5.74, 6) is -0.107. The van der Waals surface area contributed by atoms with Crippen LogP contribution in [0, 0.1) is 6.92 Å². The number of aromatic nitrogens is 4. The number of benzene rings is 1. The summed E-state index contributed by atoms with van der Waals surface area (Å²) in [6.45, 7) is 2.37. The third-order valence-electron chi connectivity index (χ3n) is 3.63. The second-order valence-electron chi connectivity index (χ2n) is 5.23. The van der Waals surface area contributed by atoms with E-state index in [4.69, 9.17) is 0 Å². The fraction of sp³-hybridized carbons (Fsp3) is 0.250. The third kappa shape index (κ3) is 3.45. The Bertz CT molecular complexity index is 806. The van der Waals surface area contributed by atoms with Crippen molar-refractivity contribution in [1.29, 1.82) is 0 Å². The quantitative estimate of drug-likeness (QED) is 0.780. The van der Waals surface area contributed by atoms with E-state index in [1.165, 1.54) is 5.56 Å². The summed E-state index contributed by atoms with van der Waals surface area (Å²) in [6, 6.07) is 10.3. The lowest BCUT2D eigenvalue weighted by molar-refractivity contribution is 0.0957. The first-order valence-electron chi connectivity index (χ1n) is 7.29. The van der Waals surface area contributed by atoms with Gasteiger partial charge in [0.25, 0.3) is 5.91 Å². The third-order valence-corrected chi connectivity index (χ3v) is 4.45. The van der Waals surface area contributed by atoms with Crippen LogP contribution in [-0.4, -0.2) is 31.8 Å². The lowest BCUT2D eigenvalue weighted by atomic mass is 10.1. The molecule has 0 saturated carbocycles. The molecule has 1 amide bonds. The minimum atomic E-state index is -0.107. The summed E-state index contributed by atoms with van der Waals surface area (Å²) in [6.07, 6.45) is 2.57. The minimum Gasteiger partial charge on any atom is -0.351 e. The molecule has 0 spiro atoms. The lowest BCUT2D eigenvalue weighted by Crippen LogP contribution is -2.25. The Morgan fingerprint density at radius 3 is 2.65 bits per heavy atom. The van der Waals surface area contributed by atoms with Crippen LogP contribution in [-0.2, 0) is 13.5 Å². The fourth-order valence-electron chi connectivity index (χ4n) is 2.34. The summed E-state index contributed by atoms with van der Waals surface area (Å²) in [5, 5.41) is 10.9. The molecule has 0 fully saturated rings. The highest BCUT2D eigenvalue weighted by atomic mass is 32.1. The van der Waals surface area contributed by atoms with Crippen LogP contribution < -0.4 is 5.32 Å². The number of hydrogen-bond donors (Lipinski definition) is 1. The Labute approximate surface area is 138 Å². The second-order valence-corrected chi connectivity index (χ2v) is 5.98. The molecule has 23 heavy (non-hydrogen) atoms. The number of carbonyl (C=O) groups is 1. The predicted octanol–water partition coefficient (Wildman–Crippen LogP) is 2.22. The molecular formula is C16H17N5OS. The molecule has 2 heterocycles. The Morgan fingerprint density at radius 2 is 2.04 bits per heavy atom. The average molecular weight is 327 g/mol. The summed E-state index contributed by atoms with van der Waals surface area (Å²) in [4.78, 5) is 12.6. The van der Waals surface area contributed by atoms with Crippen LogP contribution >= 0.6 is 11.5 Å². The van der Waals surface area contributed by atoms with E-state index >= 15 is 0 Å². The highest BCUT2D eigenvalue weighted by molar-refractivity contribution is 7.07. The lowest BCUT2D eigenvalue weighted by Gasteiger charge is -2.06. The van der Waals surface area contributed by atoms with Gasteiger partial charge in [0.05, 0.1) is 11.4 Å². The van der Waals surface area contributed by atoms with E-state index in [9.17, 15) is 4.79 Å². The van der Waals surface area contributed by atoms with Crippen molar-refractivity contribution in [2.45, 2.75) is 13.3 Å². The van der Waals surface area contributed by atoms with E-state index in [2.05, 4.69) is 44.3 Å². The van der Waals surface area contributed by atoms with Crippen LogP contribution in [0.15, 0.2) is 36.5 Å². The highest BCUT2D eigenvalue weighted by Gasteiger charge is 2.12. The normalized spacial score (nSPS) is 10.7. The molecule has 0 unspecified atom stereocenters. The van der Waals surface area contributed by atoms with Crippen molar-refractivity contribution >= 4 is 17.4 Å². The molecule has 0 aliphatic heterocycles. The van der Waals surface area contributed by atoms with Crippen molar-refractivity contribution < 1.29 is 4.79 Å². The van der Waals surface area contributed by atoms with Gasteiger partial charge in [-0.2, -0.15) is 5.10 Å². The van der Waals surface area contributed by atoms with Gasteiger partial charge in [-0.05, 0) is 42.1 Å². The first-order valence-corrected chi connectivity index (χ1v) is 8.07. The van der Waals surface area contributed by atoms with Crippen molar-refractivity contribution in [3.8, 4) is 11.3 Å². The molecule has 3 aromatic rings. The van der Waals surface area contributed by atoms with Crippen molar-refractivity contribution in [3.63, 3.8) is 0 Å². The van der Waals surface area contributed by atoms with Gasteiger partial charge in [0, 0.05) is 19.8 Å². The molecule has 0 radical (unpaired) electrons. The van der Waals surface area contributed by atoms with Gasteiger partial charge >= 0.3 is 0 Å².